The van der Waals surface area contributed by atoms with Gasteiger partial charge in [-0.3, -0.25) is 19.2 Å². The zero-order chi connectivity index (χ0) is 28.9. The maximum Gasteiger partial charge on any atom is 0.238 e. The van der Waals surface area contributed by atoms with E-state index in [1.54, 1.807) is 24.3 Å². The first kappa shape index (κ1) is 26.0. The standard InChI is InChI=1S/C34H24Br2N2O4/c35-18-8-4-10-20(14-18)37-31(39)25-16-24(17-6-2-1-3-7-17)26-22-12-13-23(27(26)30(25)34(37)42)29-28(22)32(40)38(33(29)41)21-11-5-9-19(36)15-21/h1-15,22-23,25,27-30H,16H2/t22-,23-,25+,27-,28+,29+,30-/m0/s1. The maximum atomic E-state index is 14.3. The molecule has 9 rings (SSSR count). The summed E-state index contributed by atoms with van der Waals surface area (Å²) in [4.78, 5) is 59.2. The lowest BCUT2D eigenvalue weighted by molar-refractivity contribution is -0.129. The first-order valence-corrected chi connectivity index (χ1v) is 15.7. The van der Waals surface area contributed by atoms with E-state index in [2.05, 4.69) is 37.9 Å². The van der Waals surface area contributed by atoms with Gasteiger partial charge in [-0.05, 0) is 59.9 Å². The van der Waals surface area contributed by atoms with Gasteiger partial charge in [0.2, 0.25) is 23.6 Å². The second-order valence-corrected chi connectivity index (χ2v) is 13.5. The third-order valence-corrected chi connectivity index (χ3v) is 10.8. The average Bonchev–Trinajstić information content (AvgIpc) is 3.42. The molecule has 3 aromatic carbocycles. The number of hydrogen-bond acceptors (Lipinski definition) is 4. The smallest absolute Gasteiger partial charge is 0.238 e. The first-order chi connectivity index (χ1) is 20.3. The van der Waals surface area contributed by atoms with Crippen LogP contribution >= 0.6 is 31.9 Å². The zero-order valence-electron chi connectivity index (χ0n) is 22.2. The van der Waals surface area contributed by atoms with E-state index in [0.717, 1.165) is 25.7 Å². The van der Waals surface area contributed by atoms with E-state index >= 15 is 0 Å². The van der Waals surface area contributed by atoms with Gasteiger partial charge >= 0.3 is 0 Å². The number of hydrogen-bond donors (Lipinski definition) is 0. The molecule has 0 N–H and O–H groups in total. The third kappa shape index (κ3) is 3.54. The summed E-state index contributed by atoms with van der Waals surface area (Å²) in [5.41, 5.74) is 4.15. The number of nitrogens with zero attached hydrogens (tertiary/aromatic N) is 2. The largest absolute Gasteiger partial charge is 0.274 e. The van der Waals surface area contributed by atoms with Crippen LogP contribution in [0.1, 0.15) is 12.0 Å². The molecule has 2 bridgehead atoms. The Morgan fingerprint density at radius 1 is 0.595 bits per heavy atom. The van der Waals surface area contributed by atoms with Gasteiger partial charge in [0.15, 0.2) is 0 Å². The van der Waals surface area contributed by atoms with Crippen LogP contribution in [-0.2, 0) is 19.2 Å². The van der Waals surface area contributed by atoms with Crippen molar-refractivity contribution >= 4 is 72.4 Å². The molecule has 3 fully saturated rings. The van der Waals surface area contributed by atoms with Crippen molar-refractivity contribution in [1.82, 2.24) is 0 Å². The molecule has 8 heteroatoms. The van der Waals surface area contributed by atoms with Crippen molar-refractivity contribution in [2.45, 2.75) is 6.42 Å². The molecule has 4 aliphatic carbocycles. The number of rotatable bonds is 3. The van der Waals surface area contributed by atoms with Gasteiger partial charge in [0.25, 0.3) is 0 Å². The second-order valence-electron chi connectivity index (χ2n) is 11.7. The van der Waals surface area contributed by atoms with Gasteiger partial charge in [0.1, 0.15) is 0 Å². The Labute approximate surface area is 259 Å². The molecular formula is C34H24Br2N2O4. The van der Waals surface area contributed by atoms with Crippen molar-refractivity contribution in [3.63, 3.8) is 0 Å². The Morgan fingerprint density at radius 2 is 1.19 bits per heavy atom. The number of carbonyl (C=O) groups excluding carboxylic acids is 4. The highest BCUT2D eigenvalue weighted by Gasteiger charge is 2.67. The van der Waals surface area contributed by atoms with Crippen LogP contribution in [0.4, 0.5) is 11.4 Å². The minimum atomic E-state index is -0.597. The summed E-state index contributed by atoms with van der Waals surface area (Å²) in [6.07, 6.45) is 4.53. The van der Waals surface area contributed by atoms with Crippen molar-refractivity contribution in [1.29, 1.82) is 0 Å². The van der Waals surface area contributed by atoms with Gasteiger partial charge in [-0.1, -0.05) is 92.0 Å². The lowest BCUT2D eigenvalue weighted by Crippen LogP contribution is -2.51. The van der Waals surface area contributed by atoms with Gasteiger partial charge < -0.3 is 0 Å². The minimum absolute atomic E-state index is 0.201. The van der Waals surface area contributed by atoms with Crippen LogP contribution in [-0.4, -0.2) is 23.6 Å². The van der Waals surface area contributed by atoms with E-state index in [4.69, 9.17) is 0 Å². The predicted molar refractivity (Wildman–Crippen MR) is 165 cm³/mol. The fraction of sp³-hybridized carbons (Fsp3) is 0.235. The fourth-order valence-electron chi connectivity index (χ4n) is 8.26. The van der Waals surface area contributed by atoms with Crippen LogP contribution in [0.3, 0.4) is 0 Å². The van der Waals surface area contributed by atoms with Gasteiger partial charge in [0.05, 0.1) is 35.0 Å². The van der Waals surface area contributed by atoms with Gasteiger partial charge in [-0.15, -0.1) is 0 Å². The Bertz CT molecular complexity index is 1780. The molecule has 3 aromatic rings. The summed E-state index contributed by atoms with van der Waals surface area (Å²) >= 11 is 6.95. The maximum absolute atomic E-state index is 14.3. The highest BCUT2D eigenvalue weighted by Crippen LogP contribution is 2.63. The Balaban J connectivity index is 1.29. The molecule has 0 unspecified atom stereocenters. The van der Waals surface area contributed by atoms with E-state index in [1.165, 1.54) is 9.80 Å². The van der Waals surface area contributed by atoms with E-state index in [-0.39, 0.29) is 41.4 Å². The monoisotopic (exact) mass is 682 g/mol. The second kappa shape index (κ2) is 9.44. The van der Waals surface area contributed by atoms with E-state index in [9.17, 15) is 19.2 Å². The van der Waals surface area contributed by atoms with Crippen LogP contribution < -0.4 is 9.80 Å². The summed E-state index contributed by atoms with van der Waals surface area (Å²) in [5, 5.41) is 0. The Kier molecular flexibility index (Phi) is 5.86. The minimum Gasteiger partial charge on any atom is -0.274 e. The number of imide groups is 2. The molecule has 0 radical (unpaired) electrons. The topological polar surface area (TPSA) is 74.8 Å². The number of allylic oxidation sites excluding steroid dienone is 4. The lowest BCUT2D eigenvalue weighted by Gasteiger charge is -2.51. The van der Waals surface area contributed by atoms with Crippen molar-refractivity contribution < 1.29 is 19.2 Å². The normalized spacial score (nSPS) is 31.1. The molecule has 2 aliphatic heterocycles. The average molecular weight is 684 g/mol. The molecule has 2 heterocycles. The number of benzene rings is 3. The van der Waals surface area contributed by atoms with Crippen molar-refractivity contribution in [3.8, 4) is 0 Å². The summed E-state index contributed by atoms with van der Waals surface area (Å²) in [7, 11) is 0. The molecular weight excluding hydrogens is 660 g/mol. The molecule has 208 valence electrons. The van der Waals surface area contributed by atoms with E-state index < -0.39 is 23.7 Å². The highest BCUT2D eigenvalue weighted by molar-refractivity contribution is 9.10. The molecule has 2 saturated heterocycles. The Hall–Kier alpha value is -3.62. The summed E-state index contributed by atoms with van der Waals surface area (Å²) in [6, 6.07) is 24.4. The summed E-state index contributed by atoms with van der Waals surface area (Å²) < 4.78 is 1.56. The summed E-state index contributed by atoms with van der Waals surface area (Å²) in [6.45, 7) is 0. The lowest BCUT2D eigenvalue weighted by atomic mass is 9.49. The first-order valence-electron chi connectivity index (χ1n) is 14.1. The van der Waals surface area contributed by atoms with Crippen molar-refractivity contribution in [2.24, 2.45) is 41.4 Å². The molecule has 7 atom stereocenters. The number of halogens is 2. The Morgan fingerprint density at radius 3 is 1.83 bits per heavy atom. The van der Waals surface area contributed by atoms with Crippen LogP contribution in [0.2, 0.25) is 0 Å². The molecule has 0 spiro atoms. The molecule has 6 aliphatic rings. The predicted octanol–water partition coefficient (Wildman–Crippen LogP) is 6.41. The summed E-state index contributed by atoms with van der Waals surface area (Å²) in [5.74, 6) is -4.16. The number of carbonyl (C=O) groups is 4. The molecule has 6 nitrogen and oxygen atoms in total. The quantitative estimate of drug-likeness (QED) is 0.236. The molecule has 1 saturated carbocycles. The van der Waals surface area contributed by atoms with E-state index in [1.807, 2.05) is 60.7 Å². The van der Waals surface area contributed by atoms with Gasteiger partial charge in [-0.2, -0.15) is 0 Å². The van der Waals surface area contributed by atoms with Crippen LogP contribution in [0.15, 0.2) is 106 Å². The number of fused-ring (bicyclic) bond motifs is 1. The zero-order valence-corrected chi connectivity index (χ0v) is 25.4. The molecule has 42 heavy (non-hydrogen) atoms. The van der Waals surface area contributed by atoms with Gasteiger partial charge in [-0.25, -0.2) is 9.80 Å². The number of anilines is 2. The third-order valence-electron chi connectivity index (χ3n) is 9.76. The van der Waals surface area contributed by atoms with Crippen LogP contribution in [0, 0.1) is 41.4 Å². The van der Waals surface area contributed by atoms with Gasteiger partial charge in [0, 0.05) is 20.8 Å². The van der Waals surface area contributed by atoms with Crippen LogP contribution in [0.5, 0.6) is 0 Å². The van der Waals surface area contributed by atoms with Crippen LogP contribution in [0.25, 0.3) is 5.57 Å². The van der Waals surface area contributed by atoms with Crippen molar-refractivity contribution in [2.75, 3.05) is 9.80 Å². The number of amides is 4. The molecule has 4 amide bonds. The van der Waals surface area contributed by atoms with E-state index in [0.29, 0.717) is 17.8 Å². The van der Waals surface area contributed by atoms with Crippen molar-refractivity contribution in [3.05, 3.63) is 111 Å². The SMILES string of the molecule is O=C1[C@@H]2[C@H]3C=C[C@@H](C4=C(c5ccccc5)C[C@H]5C(=O)N(c6cccc(Br)c6)C(=O)[C@@H]5[C@H]43)[C@H]2C(=O)N1c1cccc(Br)c1. The fourth-order valence-corrected chi connectivity index (χ4v) is 9.03. The molecule has 0 aromatic heterocycles. The highest BCUT2D eigenvalue weighted by atomic mass is 79.9.